The summed E-state index contributed by atoms with van der Waals surface area (Å²) in [5.74, 6) is 0. The second-order valence-electron chi connectivity index (χ2n) is 12.7. The zero-order valence-corrected chi connectivity index (χ0v) is 25.4. The van der Waals surface area contributed by atoms with Crippen LogP contribution in [0.25, 0.3) is 104 Å². The SMILES string of the molecule is c1ccc2c(c1)-c1cccc3c(-c4ccc(-n5c6cc7c8ccccc8c8ccccc8c7cc6c6ncccc65)cc4)ccc-2c13. The minimum Gasteiger partial charge on any atom is -0.308 e. The second kappa shape index (κ2) is 9.15. The van der Waals surface area contributed by atoms with Crippen LogP contribution in [0.4, 0.5) is 0 Å². The van der Waals surface area contributed by atoms with E-state index in [0.717, 1.165) is 16.7 Å². The summed E-state index contributed by atoms with van der Waals surface area (Å²) in [5.41, 5.74) is 12.2. The van der Waals surface area contributed by atoms with Crippen LogP contribution in [0.5, 0.6) is 0 Å². The van der Waals surface area contributed by atoms with Crippen LogP contribution in [0.3, 0.4) is 0 Å². The quantitative estimate of drug-likeness (QED) is 0.182. The summed E-state index contributed by atoms with van der Waals surface area (Å²) >= 11 is 0. The van der Waals surface area contributed by atoms with Crippen LogP contribution in [0.15, 0.2) is 158 Å². The molecule has 11 rings (SSSR count). The first-order valence-electron chi connectivity index (χ1n) is 16.2. The number of rotatable bonds is 2. The van der Waals surface area contributed by atoms with Gasteiger partial charge < -0.3 is 4.57 Å². The van der Waals surface area contributed by atoms with Crippen molar-refractivity contribution >= 4 is 65.0 Å². The number of nitrogens with zero attached hydrogens (tertiary/aromatic N) is 2. The van der Waals surface area contributed by atoms with Crippen molar-refractivity contribution < 1.29 is 0 Å². The van der Waals surface area contributed by atoms with E-state index in [4.69, 9.17) is 4.98 Å². The first-order chi connectivity index (χ1) is 23.3. The summed E-state index contributed by atoms with van der Waals surface area (Å²) in [7, 11) is 0. The Morgan fingerprint density at radius 2 is 0.936 bits per heavy atom. The Balaban J connectivity index is 1.14. The predicted octanol–water partition coefficient (Wildman–Crippen LogP) is 12.1. The number of hydrogen-bond donors (Lipinski definition) is 0. The first kappa shape index (κ1) is 25.0. The lowest BCUT2D eigenvalue weighted by Gasteiger charge is -2.13. The molecule has 0 amide bonds. The summed E-state index contributed by atoms with van der Waals surface area (Å²) in [6.07, 6.45) is 1.91. The Labute approximate surface area is 270 Å². The maximum absolute atomic E-state index is 4.92. The van der Waals surface area contributed by atoms with Gasteiger partial charge in [-0.2, -0.15) is 0 Å². The fourth-order valence-electron chi connectivity index (χ4n) is 8.36. The molecule has 2 heteroatoms. The fraction of sp³-hybridized carbons (Fsp3) is 0. The highest BCUT2D eigenvalue weighted by Crippen LogP contribution is 2.49. The van der Waals surface area contributed by atoms with Crippen LogP contribution >= 0.6 is 0 Å². The van der Waals surface area contributed by atoms with Crippen LogP contribution < -0.4 is 0 Å². The molecule has 0 aliphatic heterocycles. The molecule has 0 spiro atoms. The predicted molar refractivity (Wildman–Crippen MR) is 198 cm³/mol. The molecule has 2 aromatic heterocycles. The largest absolute Gasteiger partial charge is 0.308 e. The van der Waals surface area contributed by atoms with Gasteiger partial charge in [0.15, 0.2) is 0 Å². The van der Waals surface area contributed by atoms with Crippen LogP contribution in [0, 0.1) is 0 Å². The van der Waals surface area contributed by atoms with E-state index in [9.17, 15) is 0 Å². The highest BCUT2D eigenvalue weighted by molar-refractivity contribution is 6.28. The van der Waals surface area contributed by atoms with Gasteiger partial charge >= 0.3 is 0 Å². The third-order valence-corrected chi connectivity index (χ3v) is 10.4. The van der Waals surface area contributed by atoms with Crippen molar-refractivity contribution in [2.75, 3.05) is 0 Å². The maximum Gasteiger partial charge on any atom is 0.0963 e. The van der Waals surface area contributed by atoms with Gasteiger partial charge in [0, 0.05) is 17.3 Å². The average molecular weight is 595 g/mol. The van der Waals surface area contributed by atoms with Crippen molar-refractivity contribution in [2.45, 2.75) is 0 Å². The lowest BCUT2D eigenvalue weighted by atomic mass is 9.93. The zero-order chi connectivity index (χ0) is 30.6. The molecule has 0 atom stereocenters. The molecule has 0 saturated heterocycles. The van der Waals surface area contributed by atoms with Crippen LogP contribution in [-0.2, 0) is 0 Å². The van der Waals surface area contributed by atoms with E-state index in [1.807, 2.05) is 12.3 Å². The van der Waals surface area contributed by atoms with Gasteiger partial charge in [0.2, 0.25) is 0 Å². The number of pyridine rings is 1. The molecule has 47 heavy (non-hydrogen) atoms. The molecule has 0 N–H and O–H groups in total. The number of fused-ring (bicyclic) bond motifs is 12. The summed E-state index contributed by atoms with van der Waals surface area (Å²) < 4.78 is 2.38. The molecule has 0 saturated carbocycles. The number of hydrogen-bond acceptors (Lipinski definition) is 1. The van der Waals surface area contributed by atoms with Gasteiger partial charge in [-0.1, -0.05) is 115 Å². The van der Waals surface area contributed by atoms with E-state index in [2.05, 4.69) is 150 Å². The molecule has 0 bridgehead atoms. The van der Waals surface area contributed by atoms with Crippen molar-refractivity contribution in [1.29, 1.82) is 0 Å². The molecule has 0 unspecified atom stereocenters. The molecular weight excluding hydrogens is 569 g/mol. The average Bonchev–Trinajstić information content (AvgIpc) is 3.65. The van der Waals surface area contributed by atoms with Crippen molar-refractivity contribution in [3.63, 3.8) is 0 Å². The van der Waals surface area contributed by atoms with E-state index < -0.39 is 0 Å². The highest BCUT2D eigenvalue weighted by atomic mass is 15.0. The monoisotopic (exact) mass is 594 g/mol. The first-order valence-corrected chi connectivity index (χ1v) is 16.2. The number of benzene rings is 8. The fourth-order valence-corrected chi connectivity index (χ4v) is 8.36. The van der Waals surface area contributed by atoms with Crippen LogP contribution in [0.1, 0.15) is 0 Å². The molecule has 2 nitrogen and oxygen atoms in total. The molecule has 0 fully saturated rings. The Bertz CT molecular complexity index is 2920. The zero-order valence-electron chi connectivity index (χ0n) is 25.4. The van der Waals surface area contributed by atoms with Gasteiger partial charge in [0.25, 0.3) is 0 Å². The summed E-state index contributed by atoms with van der Waals surface area (Å²) in [5, 5.41) is 11.5. The highest BCUT2D eigenvalue weighted by Gasteiger charge is 2.22. The van der Waals surface area contributed by atoms with Gasteiger partial charge in [-0.3, -0.25) is 4.98 Å². The van der Waals surface area contributed by atoms with Crippen molar-refractivity contribution in [3.05, 3.63) is 158 Å². The summed E-state index contributed by atoms with van der Waals surface area (Å²) in [6, 6.07) is 55.7. The van der Waals surface area contributed by atoms with Crippen molar-refractivity contribution in [2.24, 2.45) is 0 Å². The minimum atomic E-state index is 1.03. The standard InChI is InChI=1S/C45H26N2/c1-5-13-34-30(9-1)31-10-2-6-14-35(31)40-26-43-41(25-39(34)40)45-42(17-8-24-46-45)47(43)28-20-18-27(19-21-28)29-22-23-38-33-12-4-3-11-32(33)37-16-7-15-36(29)44(37)38/h1-26H. The molecule has 1 aliphatic rings. The number of aromatic nitrogens is 2. The smallest absolute Gasteiger partial charge is 0.0963 e. The summed E-state index contributed by atoms with van der Waals surface area (Å²) in [4.78, 5) is 4.92. The van der Waals surface area contributed by atoms with Crippen molar-refractivity contribution in [1.82, 2.24) is 9.55 Å². The molecule has 216 valence electrons. The van der Waals surface area contributed by atoms with E-state index in [0.29, 0.717) is 0 Å². The van der Waals surface area contributed by atoms with E-state index in [1.165, 1.54) is 87.4 Å². The van der Waals surface area contributed by atoms with Gasteiger partial charge in [-0.05, 0) is 113 Å². The Morgan fingerprint density at radius 3 is 1.66 bits per heavy atom. The third kappa shape index (κ3) is 3.31. The van der Waals surface area contributed by atoms with E-state index >= 15 is 0 Å². The lowest BCUT2D eigenvalue weighted by molar-refractivity contribution is 1.18. The molecule has 2 heterocycles. The van der Waals surface area contributed by atoms with Gasteiger partial charge in [-0.15, -0.1) is 0 Å². The van der Waals surface area contributed by atoms with Gasteiger partial charge in [0.05, 0.1) is 16.6 Å². The molecule has 10 aromatic rings. The van der Waals surface area contributed by atoms with Crippen LogP contribution in [0.2, 0.25) is 0 Å². The Kier molecular flexibility index (Phi) is 4.87. The summed E-state index contributed by atoms with van der Waals surface area (Å²) in [6.45, 7) is 0. The Morgan fingerprint density at radius 1 is 0.362 bits per heavy atom. The topological polar surface area (TPSA) is 17.8 Å². The normalized spacial score (nSPS) is 12.3. The second-order valence-corrected chi connectivity index (χ2v) is 12.7. The lowest BCUT2D eigenvalue weighted by Crippen LogP contribution is -1.94. The van der Waals surface area contributed by atoms with E-state index in [-0.39, 0.29) is 0 Å². The maximum atomic E-state index is 4.92. The molecule has 8 aromatic carbocycles. The minimum absolute atomic E-state index is 1.03. The molecule has 1 aliphatic carbocycles. The van der Waals surface area contributed by atoms with E-state index in [1.54, 1.807) is 0 Å². The molecule has 0 radical (unpaired) electrons. The molecular formula is C45H26N2. The Hall–Kier alpha value is -6.25. The van der Waals surface area contributed by atoms with Gasteiger partial charge in [-0.25, -0.2) is 0 Å². The van der Waals surface area contributed by atoms with Crippen molar-refractivity contribution in [3.8, 4) is 39.1 Å². The van der Waals surface area contributed by atoms with Gasteiger partial charge in [0.1, 0.15) is 0 Å². The third-order valence-electron chi connectivity index (χ3n) is 10.4. The van der Waals surface area contributed by atoms with Crippen LogP contribution in [-0.4, -0.2) is 9.55 Å².